The van der Waals surface area contributed by atoms with Crippen molar-refractivity contribution in [2.45, 2.75) is 72.6 Å². The van der Waals surface area contributed by atoms with E-state index in [2.05, 4.69) is 13.8 Å². The lowest BCUT2D eigenvalue weighted by molar-refractivity contribution is -0.154. The molecule has 0 aliphatic heterocycles. The largest absolute Gasteiger partial charge is 0.465 e. The second kappa shape index (κ2) is 16.8. The van der Waals surface area contributed by atoms with Crippen LogP contribution in [0.2, 0.25) is 0 Å². The molecule has 0 spiro atoms. The third-order valence-electron chi connectivity index (χ3n) is 4.30. The number of nitrogens with zero attached hydrogens (tertiary/aromatic N) is 2. The van der Waals surface area contributed by atoms with Crippen molar-refractivity contribution in [1.29, 1.82) is 0 Å². The molecule has 0 heterocycles. The van der Waals surface area contributed by atoms with Crippen LogP contribution in [0, 0.1) is 0 Å². The van der Waals surface area contributed by atoms with E-state index in [1.165, 1.54) is 0 Å². The van der Waals surface area contributed by atoms with Crippen molar-refractivity contribution in [1.82, 2.24) is 9.80 Å². The van der Waals surface area contributed by atoms with Crippen LogP contribution in [-0.2, 0) is 28.7 Å². The molecular weight excluding hydrogens is 376 g/mol. The van der Waals surface area contributed by atoms with E-state index in [4.69, 9.17) is 9.47 Å². The predicted octanol–water partition coefficient (Wildman–Crippen LogP) is 2.54. The topological polar surface area (TPSA) is 93.2 Å². The number of amides is 2. The van der Waals surface area contributed by atoms with Gasteiger partial charge in [-0.15, -0.1) is 0 Å². The first-order valence-electron chi connectivity index (χ1n) is 10.8. The molecular formula is C21H38N2O6. The van der Waals surface area contributed by atoms with Crippen molar-refractivity contribution >= 4 is 23.8 Å². The van der Waals surface area contributed by atoms with E-state index in [-0.39, 0.29) is 51.0 Å². The van der Waals surface area contributed by atoms with Crippen LogP contribution < -0.4 is 0 Å². The van der Waals surface area contributed by atoms with Crippen molar-refractivity contribution < 1.29 is 28.7 Å². The second-order valence-electron chi connectivity index (χ2n) is 6.80. The predicted molar refractivity (Wildman–Crippen MR) is 110 cm³/mol. The molecule has 0 saturated carbocycles. The Morgan fingerprint density at radius 3 is 1.41 bits per heavy atom. The van der Waals surface area contributed by atoms with Crippen molar-refractivity contribution in [2.24, 2.45) is 0 Å². The summed E-state index contributed by atoms with van der Waals surface area (Å²) in [5.41, 5.74) is 0. The van der Waals surface area contributed by atoms with Crippen LogP contribution in [0.4, 0.5) is 0 Å². The van der Waals surface area contributed by atoms with Gasteiger partial charge in [-0.1, -0.05) is 26.7 Å². The van der Waals surface area contributed by atoms with Crippen LogP contribution in [-0.4, -0.2) is 72.9 Å². The summed E-state index contributed by atoms with van der Waals surface area (Å²) in [5, 5.41) is 0. The molecule has 0 rings (SSSR count). The van der Waals surface area contributed by atoms with E-state index in [0.717, 1.165) is 43.7 Å². The smallest absolute Gasteiger partial charge is 0.325 e. The van der Waals surface area contributed by atoms with Gasteiger partial charge in [-0.3, -0.25) is 19.2 Å². The Morgan fingerprint density at radius 1 is 0.621 bits per heavy atom. The van der Waals surface area contributed by atoms with E-state index >= 15 is 0 Å². The van der Waals surface area contributed by atoms with Crippen LogP contribution in [0.5, 0.6) is 0 Å². The highest BCUT2D eigenvalue weighted by Gasteiger charge is 2.22. The van der Waals surface area contributed by atoms with Crippen molar-refractivity contribution in [3.63, 3.8) is 0 Å². The molecule has 2 amide bonds. The Hall–Kier alpha value is -2.12. The molecule has 0 saturated heterocycles. The van der Waals surface area contributed by atoms with Gasteiger partial charge in [0.2, 0.25) is 11.8 Å². The molecule has 0 aromatic carbocycles. The Labute approximate surface area is 174 Å². The lowest BCUT2D eigenvalue weighted by atomic mass is 10.1. The summed E-state index contributed by atoms with van der Waals surface area (Å²) >= 11 is 0. The number of carbonyl (C=O) groups is 4. The molecule has 0 bridgehead atoms. The molecule has 0 aliphatic carbocycles. The molecule has 0 N–H and O–H groups in total. The summed E-state index contributed by atoms with van der Waals surface area (Å²) in [5.74, 6) is -1.48. The van der Waals surface area contributed by atoms with Crippen molar-refractivity contribution in [3.05, 3.63) is 0 Å². The van der Waals surface area contributed by atoms with Gasteiger partial charge >= 0.3 is 11.9 Å². The van der Waals surface area contributed by atoms with Crippen LogP contribution in [0.1, 0.15) is 72.6 Å². The number of ether oxygens (including phenoxy) is 2. The summed E-state index contributed by atoms with van der Waals surface area (Å²) in [4.78, 5) is 51.5. The average Bonchev–Trinajstić information content (AvgIpc) is 2.67. The fourth-order valence-electron chi connectivity index (χ4n) is 2.72. The monoisotopic (exact) mass is 414 g/mol. The number of unbranched alkanes of at least 4 members (excludes halogenated alkanes) is 2. The average molecular weight is 415 g/mol. The highest BCUT2D eigenvalue weighted by Crippen LogP contribution is 2.08. The minimum absolute atomic E-state index is 0.0436. The fourth-order valence-corrected chi connectivity index (χ4v) is 2.72. The maximum absolute atomic E-state index is 12.5. The van der Waals surface area contributed by atoms with E-state index < -0.39 is 11.9 Å². The van der Waals surface area contributed by atoms with Gasteiger partial charge in [-0.05, 0) is 33.1 Å². The third-order valence-corrected chi connectivity index (χ3v) is 4.30. The summed E-state index contributed by atoms with van der Waals surface area (Å²) in [6.07, 6.45) is 4.68. The number of hydrogen-bond acceptors (Lipinski definition) is 6. The third kappa shape index (κ3) is 12.9. The van der Waals surface area contributed by atoms with Gasteiger partial charge in [-0.2, -0.15) is 0 Å². The van der Waals surface area contributed by atoms with E-state index in [9.17, 15) is 19.2 Å². The standard InChI is InChI=1S/C21H38N2O6/c1-5-9-14-22(15-10-6-2)18(24)12-11-13-19(25)23(16-20(26)28-7-3)17-21(27)29-8-4/h5-17H2,1-4H3. The van der Waals surface area contributed by atoms with Gasteiger partial charge in [-0.25, -0.2) is 0 Å². The van der Waals surface area contributed by atoms with E-state index in [1.54, 1.807) is 13.8 Å². The fraction of sp³-hybridized carbons (Fsp3) is 0.810. The van der Waals surface area contributed by atoms with Crippen LogP contribution in [0.3, 0.4) is 0 Å². The van der Waals surface area contributed by atoms with Crippen molar-refractivity contribution in [3.8, 4) is 0 Å². The number of hydrogen-bond donors (Lipinski definition) is 0. The van der Waals surface area contributed by atoms with Gasteiger partial charge < -0.3 is 19.3 Å². The van der Waals surface area contributed by atoms with Crippen LogP contribution in [0.25, 0.3) is 0 Å². The van der Waals surface area contributed by atoms with E-state index in [1.807, 2.05) is 4.90 Å². The lowest BCUT2D eigenvalue weighted by Crippen LogP contribution is -2.40. The second-order valence-corrected chi connectivity index (χ2v) is 6.80. The molecule has 0 unspecified atom stereocenters. The molecule has 0 aromatic heterocycles. The molecule has 0 atom stereocenters. The Balaban J connectivity index is 4.70. The molecule has 0 fully saturated rings. The zero-order valence-corrected chi connectivity index (χ0v) is 18.5. The molecule has 0 radical (unpaired) electrons. The summed E-state index contributed by atoms with van der Waals surface area (Å²) in [6.45, 7) is 8.76. The Bertz CT molecular complexity index is 481. The van der Waals surface area contributed by atoms with Gasteiger partial charge in [0.05, 0.1) is 13.2 Å². The molecule has 0 aromatic rings. The maximum atomic E-state index is 12.5. The van der Waals surface area contributed by atoms with Crippen LogP contribution in [0.15, 0.2) is 0 Å². The summed E-state index contributed by atoms with van der Waals surface area (Å²) in [6, 6.07) is 0. The minimum atomic E-state index is -0.577. The normalized spacial score (nSPS) is 10.3. The molecule has 168 valence electrons. The van der Waals surface area contributed by atoms with Crippen LogP contribution >= 0.6 is 0 Å². The minimum Gasteiger partial charge on any atom is -0.465 e. The Kier molecular flexibility index (Phi) is 15.6. The molecule has 8 heteroatoms. The first-order chi connectivity index (χ1) is 13.9. The maximum Gasteiger partial charge on any atom is 0.325 e. The molecule has 8 nitrogen and oxygen atoms in total. The number of esters is 2. The first kappa shape index (κ1) is 26.9. The lowest BCUT2D eigenvalue weighted by Gasteiger charge is -2.23. The van der Waals surface area contributed by atoms with Crippen molar-refractivity contribution in [2.75, 3.05) is 39.4 Å². The van der Waals surface area contributed by atoms with Gasteiger partial charge in [0, 0.05) is 25.9 Å². The van der Waals surface area contributed by atoms with Gasteiger partial charge in [0.1, 0.15) is 13.1 Å². The SMILES string of the molecule is CCCCN(CCCC)C(=O)CCCC(=O)N(CC(=O)OCC)CC(=O)OCC. The zero-order valence-electron chi connectivity index (χ0n) is 18.5. The van der Waals surface area contributed by atoms with Gasteiger partial charge in [0.15, 0.2) is 0 Å². The van der Waals surface area contributed by atoms with Gasteiger partial charge in [0.25, 0.3) is 0 Å². The molecule has 29 heavy (non-hydrogen) atoms. The summed E-state index contributed by atoms with van der Waals surface area (Å²) in [7, 11) is 0. The first-order valence-corrected chi connectivity index (χ1v) is 10.8. The molecule has 0 aliphatic rings. The quantitative estimate of drug-likeness (QED) is 0.360. The number of carbonyl (C=O) groups excluding carboxylic acids is 4. The van der Waals surface area contributed by atoms with E-state index in [0.29, 0.717) is 6.42 Å². The Morgan fingerprint density at radius 2 is 1.03 bits per heavy atom. The summed E-state index contributed by atoms with van der Waals surface area (Å²) < 4.78 is 9.74. The number of rotatable bonds is 16. The highest BCUT2D eigenvalue weighted by atomic mass is 16.5. The highest BCUT2D eigenvalue weighted by molar-refractivity contribution is 5.86. The zero-order chi connectivity index (χ0) is 22.1.